The Kier molecular flexibility index (Phi) is 6.13. The molecule has 0 bridgehead atoms. The van der Waals surface area contributed by atoms with Gasteiger partial charge in [-0.25, -0.2) is 0 Å². The molecule has 0 amide bonds. The van der Waals surface area contributed by atoms with E-state index in [9.17, 15) is 26.3 Å². The molecular formula is C12H13F6NO2. The molecule has 0 heterocycles. The molecule has 1 aromatic rings. The molecular weight excluding hydrogens is 304 g/mol. The molecule has 1 aromatic carbocycles. The van der Waals surface area contributed by atoms with Gasteiger partial charge in [-0.05, 0) is 18.6 Å². The molecule has 120 valence electrons. The van der Waals surface area contributed by atoms with E-state index in [4.69, 9.17) is 0 Å². The molecule has 3 nitrogen and oxygen atoms in total. The lowest BCUT2D eigenvalue weighted by Gasteiger charge is -2.11. The standard InChI is InChI=1S/C12H13F6NO2/c13-11(14,15)8-20-6-2-5-19-9-3-1-4-10(7-9)21-12(16,17)18/h1,3-4,7,19H,2,5-6,8H2. The van der Waals surface area contributed by atoms with Gasteiger partial charge in [0.2, 0.25) is 0 Å². The maximum Gasteiger partial charge on any atom is 0.573 e. The maximum atomic E-state index is 12.0. The van der Waals surface area contributed by atoms with Crippen LogP contribution in [-0.4, -0.2) is 32.3 Å². The van der Waals surface area contributed by atoms with Crippen LogP contribution in [0.5, 0.6) is 5.75 Å². The van der Waals surface area contributed by atoms with Crippen LogP contribution >= 0.6 is 0 Å². The van der Waals surface area contributed by atoms with Gasteiger partial charge in [0.25, 0.3) is 0 Å². The lowest BCUT2D eigenvalue weighted by molar-refractivity contribution is -0.274. The highest BCUT2D eigenvalue weighted by Crippen LogP contribution is 2.24. The number of ether oxygens (including phenoxy) is 2. The molecule has 21 heavy (non-hydrogen) atoms. The molecule has 9 heteroatoms. The Morgan fingerprint density at radius 1 is 1.05 bits per heavy atom. The highest BCUT2D eigenvalue weighted by molar-refractivity contribution is 5.48. The van der Waals surface area contributed by atoms with Crippen LogP contribution in [0.25, 0.3) is 0 Å². The van der Waals surface area contributed by atoms with Crippen molar-refractivity contribution in [2.75, 3.05) is 25.1 Å². The van der Waals surface area contributed by atoms with Gasteiger partial charge in [0.05, 0.1) is 0 Å². The van der Waals surface area contributed by atoms with Crippen molar-refractivity contribution in [1.82, 2.24) is 0 Å². The van der Waals surface area contributed by atoms with Crippen molar-refractivity contribution in [3.8, 4) is 5.75 Å². The first-order valence-corrected chi connectivity index (χ1v) is 5.90. The Morgan fingerprint density at radius 3 is 2.38 bits per heavy atom. The fourth-order valence-corrected chi connectivity index (χ4v) is 1.40. The molecule has 0 saturated heterocycles. The van der Waals surface area contributed by atoms with Gasteiger partial charge in [-0.3, -0.25) is 0 Å². The number of hydrogen-bond donors (Lipinski definition) is 1. The Hall–Kier alpha value is -1.64. The SMILES string of the molecule is FC(F)(F)COCCCNc1cccc(OC(F)(F)F)c1. The highest BCUT2D eigenvalue weighted by atomic mass is 19.4. The van der Waals surface area contributed by atoms with E-state index in [1.807, 2.05) is 0 Å². The van der Waals surface area contributed by atoms with Crippen molar-refractivity contribution < 1.29 is 35.8 Å². The zero-order valence-electron chi connectivity index (χ0n) is 10.7. The molecule has 0 aliphatic heterocycles. The van der Waals surface area contributed by atoms with E-state index < -0.39 is 19.1 Å². The van der Waals surface area contributed by atoms with Crippen LogP contribution in [0.15, 0.2) is 24.3 Å². The molecule has 0 atom stereocenters. The van der Waals surface area contributed by atoms with Gasteiger partial charge >= 0.3 is 12.5 Å². The van der Waals surface area contributed by atoms with Crippen LogP contribution in [0.1, 0.15) is 6.42 Å². The largest absolute Gasteiger partial charge is 0.573 e. The summed E-state index contributed by atoms with van der Waals surface area (Å²) in [4.78, 5) is 0. The molecule has 1 N–H and O–H groups in total. The van der Waals surface area contributed by atoms with Crippen LogP contribution in [0, 0.1) is 0 Å². The molecule has 0 radical (unpaired) electrons. The van der Waals surface area contributed by atoms with E-state index in [-0.39, 0.29) is 25.3 Å². The third-order valence-corrected chi connectivity index (χ3v) is 2.13. The Morgan fingerprint density at radius 2 is 1.76 bits per heavy atom. The Balaban J connectivity index is 2.28. The van der Waals surface area contributed by atoms with Crippen LogP contribution in [-0.2, 0) is 4.74 Å². The highest BCUT2D eigenvalue weighted by Gasteiger charge is 2.31. The minimum atomic E-state index is -4.77. The summed E-state index contributed by atoms with van der Waals surface area (Å²) in [5.41, 5.74) is 0.368. The van der Waals surface area contributed by atoms with E-state index in [0.29, 0.717) is 5.69 Å². The molecule has 0 aliphatic rings. The topological polar surface area (TPSA) is 30.5 Å². The molecule has 0 aromatic heterocycles. The van der Waals surface area contributed by atoms with E-state index in [0.717, 1.165) is 12.1 Å². The normalized spacial score (nSPS) is 12.3. The predicted molar refractivity (Wildman–Crippen MR) is 63.1 cm³/mol. The van der Waals surface area contributed by atoms with Gasteiger partial charge < -0.3 is 14.8 Å². The lowest BCUT2D eigenvalue weighted by atomic mass is 10.3. The van der Waals surface area contributed by atoms with Crippen LogP contribution in [0.4, 0.5) is 32.0 Å². The minimum absolute atomic E-state index is 0.106. The van der Waals surface area contributed by atoms with Crippen molar-refractivity contribution in [1.29, 1.82) is 0 Å². The summed E-state index contributed by atoms with van der Waals surface area (Å²) in [6.45, 7) is -1.17. The molecule has 1 rings (SSSR count). The van der Waals surface area contributed by atoms with Crippen molar-refractivity contribution in [3.63, 3.8) is 0 Å². The van der Waals surface area contributed by atoms with Gasteiger partial charge in [0.15, 0.2) is 0 Å². The predicted octanol–water partition coefficient (Wildman–Crippen LogP) is 3.97. The number of nitrogens with one attached hydrogen (secondary N) is 1. The lowest BCUT2D eigenvalue weighted by Crippen LogP contribution is -2.18. The van der Waals surface area contributed by atoms with E-state index >= 15 is 0 Å². The summed E-state index contributed by atoms with van der Waals surface area (Å²) in [7, 11) is 0. The van der Waals surface area contributed by atoms with Crippen molar-refractivity contribution in [2.24, 2.45) is 0 Å². The number of hydrogen-bond acceptors (Lipinski definition) is 3. The summed E-state index contributed by atoms with van der Waals surface area (Å²) >= 11 is 0. The molecule has 0 saturated carbocycles. The number of alkyl halides is 6. The zero-order chi connectivity index (χ0) is 15.9. The average Bonchev–Trinajstić information content (AvgIpc) is 2.30. The van der Waals surface area contributed by atoms with Crippen molar-refractivity contribution in [3.05, 3.63) is 24.3 Å². The van der Waals surface area contributed by atoms with E-state index in [2.05, 4.69) is 14.8 Å². The second-order valence-electron chi connectivity index (χ2n) is 4.02. The summed E-state index contributed by atoms with van der Waals surface area (Å²) < 4.78 is 79.4. The summed E-state index contributed by atoms with van der Waals surface area (Å²) in [6, 6.07) is 5.17. The minimum Gasteiger partial charge on any atom is -0.406 e. The number of benzene rings is 1. The third kappa shape index (κ3) is 9.01. The first-order chi connectivity index (χ1) is 9.66. The quantitative estimate of drug-likeness (QED) is 0.610. The third-order valence-electron chi connectivity index (χ3n) is 2.13. The smallest absolute Gasteiger partial charge is 0.406 e. The van der Waals surface area contributed by atoms with Crippen LogP contribution in [0.2, 0.25) is 0 Å². The molecule has 0 fully saturated rings. The second kappa shape index (κ2) is 7.39. The number of anilines is 1. The van der Waals surface area contributed by atoms with Crippen molar-refractivity contribution >= 4 is 5.69 Å². The van der Waals surface area contributed by atoms with E-state index in [1.54, 1.807) is 0 Å². The number of rotatable bonds is 7. The Bertz CT molecular complexity index is 432. The van der Waals surface area contributed by atoms with Gasteiger partial charge in [-0.2, -0.15) is 13.2 Å². The maximum absolute atomic E-state index is 12.0. The first-order valence-electron chi connectivity index (χ1n) is 5.90. The summed E-state index contributed by atoms with van der Waals surface area (Å²) in [6.07, 6.45) is -8.86. The fourth-order valence-electron chi connectivity index (χ4n) is 1.40. The number of halogens is 6. The van der Waals surface area contributed by atoms with Gasteiger partial charge in [0.1, 0.15) is 12.4 Å². The second-order valence-corrected chi connectivity index (χ2v) is 4.02. The van der Waals surface area contributed by atoms with Gasteiger partial charge in [-0.15, -0.1) is 13.2 Å². The zero-order valence-corrected chi connectivity index (χ0v) is 10.7. The molecule has 0 aliphatic carbocycles. The van der Waals surface area contributed by atoms with E-state index in [1.165, 1.54) is 12.1 Å². The summed E-state index contributed by atoms with van der Waals surface area (Å²) in [5.74, 6) is -0.374. The van der Waals surface area contributed by atoms with Gasteiger partial charge in [0, 0.05) is 24.9 Å². The molecule has 0 spiro atoms. The van der Waals surface area contributed by atoms with Crippen molar-refractivity contribution in [2.45, 2.75) is 19.0 Å². The fraction of sp³-hybridized carbons (Fsp3) is 0.500. The first kappa shape index (κ1) is 17.4. The summed E-state index contributed by atoms with van der Waals surface area (Å²) in [5, 5.41) is 2.76. The monoisotopic (exact) mass is 317 g/mol. The van der Waals surface area contributed by atoms with Gasteiger partial charge in [-0.1, -0.05) is 6.07 Å². The Labute approximate surface area is 116 Å². The van der Waals surface area contributed by atoms with Crippen LogP contribution < -0.4 is 10.1 Å². The average molecular weight is 317 g/mol. The molecule has 0 unspecified atom stereocenters. The van der Waals surface area contributed by atoms with Crippen LogP contribution in [0.3, 0.4) is 0 Å².